The first kappa shape index (κ1) is 18.9. The lowest BCUT2D eigenvalue weighted by Gasteiger charge is -2.26. The summed E-state index contributed by atoms with van der Waals surface area (Å²) in [7, 11) is 0. The Bertz CT molecular complexity index is 1060. The van der Waals surface area contributed by atoms with Gasteiger partial charge in [-0.2, -0.15) is 11.8 Å². The van der Waals surface area contributed by atoms with E-state index in [2.05, 4.69) is 10.3 Å². The van der Waals surface area contributed by atoms with E-state index in [-0.39, 0.29) is 11.8 Å². The van der Waals surface area contributed by atoms with Crippen molar-refractivity contribution in [3.63, 3.8) is 0 Å². The van der Waals surface area contributed by atoms with Crippen LogP contribution in [-0.4, -0.2) is 46.3 Å². The van der Waals surface area contributed by atoms with Crippen LogP contribution in [0.25, 0.3) is 10.9 Å². The van der Waals surface area contributed by atoms with Crippen molar-refractivity contribution in [2.45, 2.75) is 6.92 Å². The molecule has 2 N–H and O–H groups in total. The van der Waals surface area contributed by atoms with Gasteiger partial charge in [-0.3, -0.25) is 9.59 Å². The highest BCUT2D eigenvalue weighted by Crippen LogP contribution is 2.23. The Kier molecular flexibility index (Phi) is 5.33. The number of halogens is 1. The fraction of sp³-hybridized carbons (Fsp3) is 0.238. The van der Waals surface area contributed by atoms with Gasteiger partial charge in [0.25, 0.3) is 11.8 Å². The van der Waals surface area contributed by atoms with Crippen LogP contribution < -0.4 is 5.32 Å². The summed E-state index contributed by atoms with van der Waals surface area (Å²) < 4.78 is 0. The third kappa shape index (κ3) is 3.88. The summed E-state index contributed by atoms with van der Waals surface area (Å²) >= 11 is 7.87. The number of H-pyrrole nitrogens is 1. The number of nitrogens with zero attached hydrogens (tertiary/aromatic N) is 1. The van der Waals surface area contributed by atoms with E-state index in [1.54, 1.807) is 30.3 Å². The average molecular weight is 414 g/mol. The highest BCUT2D eigenvalue weighted by Gasteiger charge is 2.19. The van der Waals surface area contributed by atoms with Gasteiger partial charge in [0.2, 0.25) is 0 Å². The lowest BCUT2D eigenvalue weighted by atomic mass is 10.1. The molecule has 1 saturated heterocycles. The van der Waals surface area contributed by atoms with Crippen molar-refractivity contribution < 1.29 is 9.59 Å². The minimum Gasteiger partial charge on any atom is -0.350 e. The third-order valence-corrected chi connectivity index (χ3v) is 6.03. The van der Waals surface area contributed by atoms with Gasteiger partial charge in [-0.05, 0) is 48.9 Å². The zero-order chi connectivity index (χ0) is 19.7. The monoisotopic (exact) mass is 413 g/mol. The standard InChI is InChI=1S/C21H20ClN3O2S/c1-13-10-15(21(27)25-6-8-28-9-7-25)3-5-17(13)24-20(26)19-11-14-2-4-16(22)12-18(14)23-19/h2-5,10-12,23H,6-9H2,1H3,(H,24,26). The number of carbonyl (C=O) groups excluding carboxylic acids is 2. The molecule has 2 aromatic carbocycles. The van der Waals surface area contributed by atoms with Gasteiger partial charge in [0.15, 0.2) is 0 Å². The Hall–Kier alpha value is -2.44. The number of aromatic nitrogens is 1. The Labute approximate surface area is 172 Å². The van der Waals surface area contributed by atoms with Crippen LogP contribution in [-0.2, 0) is 0 Å². The molecule has 0 bridgehead atoms. The second-order valence-electron chi connectivity index (χ2n) is 6.80. The minimum absolute atomic E-state index is 0.0498. The Morgan fingerprint density at radius 2 is 1.89 bits per heavy atom. The summed E-state index contributed by atoms with van der Waals surface area (Å²) in [6.45, 7) is 3.46. The molecule has 0 atom stereocenters. The van der Waals surface area contributed by atoms with E-state index in [1.807, 2.05) is 35.7 Å². The maximum Gasteiger partial charge on any atom is 0.272 e. The summed E-state index contributed by atoms with van der Waals surface area (Å²) in [4.78, 5) is 30.3. The van der Waals surface area contributed by atoms with Crippen LogP contribution in [0.2, 0.25) is 5.02 Å². The molecule has 28 heavy (non-hydrogen) atoms. The predicted octanol–water partition coefficient (Wildman–Crippen LogP) is 4.57. The van der Waals surface area contributed by atoms with Crippen LogP contribution in [0, 0.1) is 6.92 Å². The summed E-state index contributed by atoms with van der Waals surface area (Å²) in [5, 5.41) is 4.45. The van der Waals surface area contributed by atoms with Crippen molar-refractivity contribution in [1.29, 1.82) is 0 Å². The van der Waals surface area contributed by atoms with E-state index >= 15 is 0 Å². The molecular weight excluding hydrogens is 394 g/mol. The molecule has 0 aliphatic carbocycles. The number of thioether (sulfide) groups is 1. The fourth-order valence-electron chi connectivity index (χ4n) is 3.30. The van der Waals surface area contributed by atoms with Crippen molar-refractivity contribution in [3.05, 3.63) is 64.3 Å². The highest BCUT2D eigenvalue weighted by molar-refractivity contribution is 7.99. The fourth-order valence-corrected chi connectivity index (χ4v) is 4.37. The van der Waals surface area contributed by atoms with E-state index in [0.717, 1.165) is 41.1 Å². The molecule has 144 valence electrons. The summed E-state index contributed by atoms with van der Waals surface area (Å²) in [5.74, 6) is 1.78. The smallest absolute Gasteiger partial charge is 0.272 e. The van der Waals surface area contributed by atoms with Crippen molar-refractivity contribution >= 4 is 51.8 Å². The second-order valence-corrected chi connectivity index (χ2v) is 8.46. The Morgan fingerprint density at radius 1 is 1.11 bits per heavy atom. The van der Waals surface area contributed by atoms with E-state index in [1.165, 1.54) is 0 Å². The van der Waals surface area contributed by atoms with E-state index < -0.39 is 0 Å². The number of benzene rings is 2. The first-order valence-corrected chi connectivity index (χ1v) is 10.6. The number of hydrogen-bond donors (Lipinski definition) is 2. The van der Waals surface area contributed by atoms with Gasteiger partial charge in [-0.15, -0.1) is 0 Å². The number of fused-ring (bicyclic) bond motifs is 1. The van der Waals surface area contributed by atoms with E-state index in [0.29, 0.717) is 22.0 Å². The van der Waals surface area contributed by atoms with Crippen molar-refractivity contribution in [2.24, 2.45) is 0 Å². The SMILES string of the molecule is Cc1cc(C(=O)N2CCSCC2)ccc1NC(=O)c1cc2ccc(Cl)cc2[nH]1. The van der Waals surface area contributed by atoms with Gasteiger partial charge in [0.05, 0.1) is 0 Å². The number of amides is 2. The van der Waals surface area contributed by atoms with Crippen molar-refractivity contribution in [1.82, 2.24) is 9.88 Å². The van der Waals surface area contributed by atoms with Crippen molar-refractivity contribution in [3.8, 4) is 0 Å². The summed E-state index contributed by atoms with van der Waals surface area (Å²) in [6, 6.07) is 12.7. The lowest BCUT2D eigenvalue weighted by molar-refractivity contribution is 0.0772. The molecule has 1 aromatic heterocycles. The number of rotatable bonds is 3. The van der Waals surface area contributed by atoms with Crippen molar-refractivity contribution in [2.75, 3.05) is 29.9 Å². The molecule has 0 saturated carbocycles. The van der Waals surface area contributed by atoms with Crippen LogP contribution in [0.5, 0.6) is 0 Å². The molecule has 4 rings (SSSR count). The Morgan fingerprint density at radius 3 is 2.64 bits per heavy atom. The van der Waals surface area contributed by atoms with Gasteiger partial charge in [-0.1, -0.05) is 17.7 Å². The molecule has 0 spiro atoms. The third-order valence-electron chi connectivity index (χ3n) is 4.85. The molecular formula is C21H20ClN3O2S. The first-order valence-electron chi connectivity index (χ1n) is 9.08. The second kappa shape index (κ2) is 7.89. The number of nitrogens with one attached hydrogen (secondary N) is 2. The largest absolute Gasteiger partial charge is 0.350 e. The quantitative estimate of drug-likeness (QED) is 0.661. The topological polar surface area (TPSA) is 65.2 Å². The van der Waals surface area contributed by atoms with Crippen LogP contribution in [0.4, 0.5) is 5.69 Å². The maximum atomic E-state index is 12.6. The average Bonchev–Trinajstić information content (AvgIpc) is 3.13. The van der Waals surface area contributed by atoms with Crippen LogP contribution in [0.3, 0.4) is 0 Å². The van der Waals surface area contributed by atoms with E-state index in [9.17, 15) is 9.59 Å². The van der Waals surface area contributed by atoms with Crippen LogP contribution in [0.1, 0.15) is 26.4 Å². The van der Waals surface area contributed by atoms with Gasteiger partial charge in [0, 0.05) is 51.8 Å². The molecule has 0 unspecified atom stereocenters. The highest BCUT2D eigenvalue weighted by atomic mass is 35.5. The molecule has 1 fully saturated rings. The summed E-state index contributed by atoms with van der Waals surface area (Å²) in [6.07, 6.45) is 0. The lowest BCUT2D eigenvalue weighted by Crippen LogP contribution is -2.37. The number of anilines is 1. The normalized spacial score (nSPS) is 14.3. The number of carbonyl (C=O) groups is 2. The molecule has 2 heterocycles. The zero-order valence-corrected chi connectivity index (χ0v) is 17.0. The number of aromatic amines is 1. The van der Waals surface area contributed by atoms with Crippen LogP contribution in [0.15, 0.2) is 42.5 Å². The zero-order valence-electron chi connectivity index (χ0n) is 15.4. The number of aryl methyl sites for hydroxylation is 1. The molecule has 3 aromatic rings. The maximum absolute atomic E-state index is 12.6. The number of hydrogen-bond acceptors (Lipinski definition) is 3. The molecule has 1 aliphatic heterocycles. The first-order chi connectivity index (χ1) is 13.5. The molecule has 7 heteroatoms. The predicted molar refractivity (Wildman–Crippen MR) is 116 cm³/mol. The van der Waals surface area contributed by atoms with Gasteiger partial charge in [0.1, 0.15) is 5.69 Å². The Balaban J connectivity index is 1.50. The van der Waals surface area contributed by atoms with Crippen LogP contribution >= 0.6 is 23.4 Å². The van der Waals surface area contributed by atoms with Gasteiger partial charge >= 0.3 is 0 Å². The van der Waals surface area contributed by atoms with E-state index in [4.69, 9.17) is 11.6 Å². The molecule has 2 amide bonds. The van der Waals surface area contributed by atoms with Gasteiger partial charge < -0.3 is 15.2 Å². The minimum atomic E-state index is -0.234. The summed E-state index contributed by atoms with van der Waals surface area (Å²) in [5.41, 5.74) is 3.47. The molecule has 1 aliphatic rings. The van der Waals surface area contributed by atoms with Gasteiger partial charge in [-0.25, -0.2) is 0 Å². The molecule has 0 radical (unpaired) electrons. The molecule has 5 nitrogen and oxygen atoms in total.